The zero-order chi connectivity index (χ0) is 17.6. The van der Waals surface area contributed by atoms with E-state index in [1.54, 1.807) is 9.80 Å². The van der Waals surface area contributed by atoms with Gasteiger partial charge < -0.3 is 20.4 Å². The maximum atomic E-state index is 12.4. The fourth-order valence-electron chi connectivity index (χ4n) is 2.88. The van der Waals surface area contributed by atoms with Gasteiger partial charge in [-0.3, -0.25) is 0 Å². The molecule has 1 saturated heterocycles. The molecular formula is C19H22N4O2. The Hall–Kier alpha value is -3.02. The Kier molecular flexibility index (Phi) is 5.18. The lowest BCUT2D eigenvalue weighted by molar-refractivity contribution is 0.124. The van der Waals surface area contributed by atoms with E-state index >= 15 is 0 Å². The number of hydrogen-bond donors (Lipinski definition) is 2. The van der Waals surface area contributed by atoms with Crippen LogP contribution in [0.1, 0.15) is 6.92 Å². The van der Waals surface area contributed by atoms with Gasteiger partial charge in [0.15, 0.2) is 0 Å². The highest BCUT2D eigenvalue weighted by Crippen LogP contribution is 2.15. The Morgan fingerprint density at radius 3 is 1.88 bits per heavy atom. The molecule has 6 heteroatoms. The van der Waals surface area contributed by atoms with E-state index in [0.29, 0.717) is 19.6 Å². The van der Waals surface area contributed by atoms with Gasteiger partial charge in [-0.05, 0) is 31.2 Å². The molecular weight excluding hydrogens is 316 g/mol. The number of benzene rings is 2. The van der Waals surface area contributed by atoms with Crippen molar-refractivity contribution in [3.05, 3.63) is 60.7 Å². The lowest BCUT2D eigenvalue weighted by atomic mass is 10.2. The summed E-state index contributed by atoms with van der Waals surface area (Å²) in [6.45, 7) is 3.46. The molecule has 1 heterocycles. The molecule has 1 atom stereocenters. The smallest absolute Gasteiger partial charge is 0.321 e. The van der Waals surface area contributed by atoms with Gasteiger partial charge in [0.05, 0.1) is 0 Å². The van der Waals surface area contributed by atoms with Crippen molar-refractivity contribution in [2.75, 3.05) is 30.3 Å². The van der Waals surface area contributed by atoms with Crippen molar-refractivity contribution < 1.29 is 9.59 Å². The van der Waals surface area contributed by atoms with Crippen molar-refractivity contribution >= 4 is 23.4 Å². The SMILES string of the molecule is C[C@H]1CN(C(=O)Nc2ccccc2)CCN1C(=O)Nc1ccccc1. The Morgan fingerprint density at radius 1 is 0.840 bits per heavy atom. The molecule has 1 aliphatic rings. The molecule has 6 nitrogen and oxygen atoms in total. The fraction of sp³-hybridized carbons (Fsp3) is 0.263. The van der Waals surface area contributed by atoms with Crippen LogP contribution in [0.4, 0.5) is 21.0 Å². The maximum Gasteiger partial charge on any atom is 0.322 e. The van der Waals surface area contributed by atoms with Crippen molar-refractivity contribution in [3.63, 3.8) is 0 Å². The van der Waals surface area contributed by atoms with E-state index in [0.717, 1.165) is 11.4 Å². The summed E-state index contributed by atoms with van der Waals surface area (Å²) in [5.74, 6) is 0. The number of rotatable bonds is 2. The average Bonchev–Trinajstić information content (AvgIpc) is 2.63. The first-order valence-electron chi connectivity index (χ1n) is 8.37. The van der Waals surface area contributed by atoms with Crippen LogP contribution in [0, 0.1) is 0 Å². The molecule has 2 aromatic carbocycles. The van der Waals surface area contributed by atoms with E-state index in [1.165, 1.54) is 0 Å². The number of nitrogens with zero attached hydrogens (tertiary/aromatic N) is 2. The molecule has 2 N–H and O–H groups in total. The minimum Gasteiger partial charge on any atom is -0.321 e. The van der Waals surface area contributed by atoms with E-state index < -0.39 is 0 Å². The van der Waals surface area contributed by atoms with Crippen LogP contribution in [-0.4, -0.2) is 47.5 Å². The van der Waals surface area contributed by atoms with E-state index in [1.807, 2.05) is 67.6 Å². The highest BCUT2D eigenvalue weighted by atomic mass is 16.2. The second kappa shape index (κ2) is 7.70. The number of para-hydroxylation sites is 2. The van der Waals surface area contributed by atoms with Gasteiger partial charge in [0, 0.05) is 37.1 Å². The molecule has 0 saturated carbocycles. The summed E-state index contributed by atoms with van der Waals surface area (Å²) >= 11 is 0. The summed E-state index contributed by atoms with van der Waals surface area (Å²) in [7, 11) is 0. The minimum atomic E-state index is -0.138. The molecule has 0 aromatic heterocycles. The van der Waals surface area contributed by atoms with Crippen molar-refractivity contribution in [1.82, 2.24) is 9.80 Å². The van der Waals surface area contributed by atoms with E-state index in [2.05, 4.69) is 10.6 Å². The van der Waals surface area contributed by atoms with E-state index in [-0.39, 0.29) is 18.1 Å². The first-order valence-corrected chi connectivity index (χ1v) is 8.37. The van der Waals surface area contributed by atoms with Gasteiger partial charge in [-0.2, -0.15) is 0 Å². The molecule has 1 fully saturated rings. The summed E-state index contributed by atoms with van der Waals surface area (Å²) < 4.78 is 0. The lowest BCUT2D eigenvalue weighted by Gasteiger charge is -2.39. The van der Waals surface area contributed by atoms with Gasteiger partial charge in [0.1, 0.15) is 0 Å². The molecule has 0 radical (unpaired) electrons. The van der Waals surface area contributed by atoms with Crippen molar-refractivity contribution in [2.45, 2.75) is 13.0 Å². The first-order chi connectivity index (χ1) is 12.1. The molecule has 0 unspecified atom stereocenters. The number of urea groups is 2. The number of amides is 4. The third-order valence-corrected chi connectivity index (χ3v) is 4.23. The molecule has 0 spiro atoms. The van der Waals surface area contributed by atoms with Crippen LogP contribution >= 0.6 is 0 Å². The van der Waals surface area contributed by atoms with Crippen molar-refractivity contribution in [2.24, 2.45) is 0 Å². The Balaban J connectivity index is 1.55. The Bertz CT molecular complexity index is 721. The zero-order valence-corrected chi connectivity index (χ0v) is 14.2. The van der Waals surface area contributed by atoms with Crippen molar-refractivity contribution in [3.8, 4) is 0 Å². The molecule has 1 aliphatic heterocycles. The van der Waals surface area contributed by atoms with Crippen LogP contribution < -0.4 is 10.6 Å². The van der Waals surface area contributed by atoms with Crippen LogP contribution in [0.2, 0.25) is 0 Å². The second-order valence-corrected chi connectivity index (χ2v) is 6.08. The molecule has 2 aromatic rings. The quantitative estimate of drug-likeness (QED) is 0.881. The average molecular weight is 338 g/mol. The zero-order valence-electron chi connectivity index (χ0n) is 14.2. The molecule has 25 heavy (non-hydrogen) atoms. The molecule has 0 bridgehead atoms. The third kappa shape index (κ3) is 4.29. The van der Waals surface area contributed by atoms with Crippen LogP contribution in [0.3, 0.4) is 0 Å². The van der Waals surface area contributed by atoms with Crippen LogP contribution in [0.25, 0.3) is 0 Å². The Morgan fingerprint density at radius 2 is 1.36 bits per heavy atom. The number of anilines is 2. The standard InChI is InChI=1S/C19H22N4O2/c1-15-14-22(18(24)20-16-8-4-2-5-9-16)12-13-23(15)19(25)21-17-10-6-3-7-11-17/h2-11,15H,12-14H2,1H3,(H,20,24)(H,21,25)/t15-/m0/s1. The normalized spacial score (nSPS) is 17.1. The van der Waals surface area contributed by atoms with Gasteiger partial charge in [0.2, 0.25) is 0 Å². The summed E-state index contributed by atoms with van der Waals surface area (Å²) in [4.78, 5) is 28.3. The number of carbonyl (C=O) groups excluding carboxylic acids is 2. The van der Waals surface area contributed by atoms with E-state index in [4.69, 9.17) is 0 Å². The largest absolute Gasteiger partial charge is 0.322 e. The fourth-order valence-corrected chi connectivity index (χ4v) is 2.88. The van der Waals surface area contributed by atoms with Gasteiger partial charge in [0.25, 0.3) is 0 Å². The lowest BCUT2D eigenvalue weighted by Crippen LogP contribution is -2.57. The molecule has 0 aliphatic carbocycles. The number of piperazine rings is 1. The second-order valence-electron chi connectivity index (χ2n) is 6.08. The van der Waals surface area contributed by atoms with Gasteiger partial charge in [-0.15, -0.1) is 0 Å². The van der Waals surface area contributed by atoms with Gasteiger partial charge in [-0.1, -0.05) is 36.4 Å². The van der Waals surface area contributed by atoms with Gasteiger partial charge >= 0.3 is 12.1 Å². The highest BCUT2D eigenvalue weighted by molar-refractivity contribution is 5.91. The summed E-state index contributed by atoms with van der Waals surface area (Å²) in [6, 6.07) is 18.4. The third-order valence-electron chi connectivity index (χ3n) is 4.23. The predicted octanol–water partition coefficient (Wildman–Crippen LogP) is 3.46. The predicted molar refractivity (Wildman–Crippen MR) is 98.7 cm³/mol. The highest BCUT2D eigenvalue weighted by Gasteiger charge is 2.29. The van der Waals surface area contributed by atoms with E-state index in [9.17, 15) is 9.59 Å². The molecule has 4 amide bonds. The van der Waals surface area contributed by atoms with Crippen molar-refractivity contribution in [1.29, 1.82) is 0 Å². The van der Waals surface area contributed by atoms with Crippen LogP contribution in [0.15, 0.2) is 60.7 Å². The molecule has 130 valence electrons. The Labute approximate surface area is 147 Å². The number of nitrogens with one attached hydrogen (secondary N) is 2. The minimum absolute atomic E-state index is 0.0565. The monoisotopic (exact) mass is 338 g/mol. The number of hydrogen-bond acceptors (Lipinski definition) is 2. The maximum absolute atomic E-state index is 12.4. The van der Waals surface area contributed by atoms with Crippen LogP contribution in [0.5, 0.6) is 0 Å². The topological polar surface area (TPSA) is 64.7 Å². The first kappa shape index (κ1) is 16.8. The number of carbonyl (C=O) groups is 2. The summed E-state index contributed by atoms with van der Waals surface area (Å²) in [5, 5.41) is 5.78. The molecule has 3 rings (SSSR count). The van der Waals surface area contributed by atoms with Gasteiger partial charge in [-0.25, -0.2) is 9.59 Å². The summed E-state index contributed by atoms with van der Waals surface area (Å²) in [5.41, 5.74) is 1.54. The van der Waals surface area contributed by atoms with Crippen LogP contribution in [-0.2, 0) is 0 Å². The summed E-state index contributed by atoms with van der Waals surface area (Å²) in [6.07, 6.45) is 0.